The van der Waals surface area contributed by atoms with Gasteiger partial charge in [-0.05, 0) is 37.3 Å². The highest BCUT2D eigenvalue weighted by Crippen LogP contribution is 2.31. The molecule has 2 heterocycles. The fourth-order valence-electron chi connectivity index (χ4n) is 2.73. The van der Waals surface area contributed by atoms with Crippen molar-refractivity contribution in [2.24, 2.45) is 0 Å². The minimum atomic E-state index is -0.228. The van der Waals surface area contributed by atoms with Crippen molar-refractivity contribution in [2.45, 2.75) is 6.92 Å². The first kappa shape index (κ1) is 15.3. The number of para-hydroxylation sites is 1. The van der Waals surface area contributed by atoms with Crippen LogP contribution in [0, 0.1) is 6.92 Å². The topological polar surface area (TPSA) is 65.4 Å². The summed E-state index contributed by atoms with van der Waals surface area (Å²) in [4.78, 5) is 12.6. The van der Waals surface area contributed by atoms with Gasteiger partial charge in [-0.3, -0.25) is 4.79 Å². The van der Waals surface area contributed by atoms with E-state index in [1.165, 1.54) is 0 Å². The van der Waals surface area contributed by atoms with Gasteiger partial charge in [-0.1, -0.05) is 18.2 Å². The quantitative estimate of drug-likeness (QED) is 0.798. The van der Waals surface area contributed by atoms with Crippen LogP contribution in [0.5, 0.6) is 11.5 Å². The molecule has 0 atom stereocenters. The number of anilines is 1. The van der Waals surface area contributed by atoms with E-state index in [9.17, 15) is 4.79 Å². The first-order chi connectivity index (χ1) is 12.2. The number of carbonyl (C=O) groups is 1. The molecule has 0 unspecified atom stereocenters. The smallest absolute Gasteiger partial charge is 0.256 e. The third kappa shape index (κ3) is 3.06. The number of aromatic nitrogens is 2. The summed E-state index contributed by atoms with van der Waals surface area (Å²) in [6.07, 6.45) is 0. The average Bonchev–Trinajstić information content (AvgIpc) is 3.02. The SMILES string of the molecule is Cc1cc(NC(=O)c2ccc3c(c2)OCCO3)n(-c2ccccc2)n1. The normalized spacial score (nSPS) is 12.7. The van der Waals surface area contributed by atoms with E-state index in [1.54, 1.807) is 22.9 Å². The Kier molecular flexibility index (Phi) is 3.85. The van der Waals surface area contributed by atoms with Crippen molar-refractivity contribution in [3.05, 3.63) is 65.9 Å². The van der Waals surface area contributed by atoms with Crippen molar-refractivity contribution in [1.29, 1.82) is 0 Å². The molecule has 1 aromatic heterocycles. The van der Waals surface area contributed by atoms with E-state index in [0.29, 0.717) is 36.1 Å². The van der Waals surface area contributed by atoms with Crippen LogP contribution < -0.4 is 14.8 Å². The molecule has 3 aromatic rings. The Morgan fingerprint density at radius 2 is 1.80 bits per heavy atom. The zero-order valence-electron chi connectivity index (χ0n) is 13.7. The molecule has 0 aliphatic carbocycles. The van der Waals surface area contributed by atoms with E-state index < -0.39 is 0 Å². The molecule has 0 radical (unpaired) electrons. The Labute approximate surface area is 145 Å². The molecule has 4 rings (SSSR count). The number of nitrogens with zero attached hydrogens (tertiary/aromatic N) is 2. The lowest BCUT2D eigenvalue weighted by Crippen LogP contribution is -2.18. The van der Waals surface area contributed by atoms with Gasteiger partial charge in [0, 0.05) is 11.6 Å². The van der Waals surface area contributed by atoms with Crippen molar-refractivity contribution < 1.29 is 14.3 Å². The number of aryl methyl sites for hydroxylation is 1. The maximum absolute atomic E-state index is 12.6. The predicted octanol–water partition coefficient (Wildman–Crippen LogP) is 3.20. The summed E-state index contributed by atoms with van der Waals surface area (Å²) in [6, 6.07) is 16.7. The Hall–Kier alpha value is -3.28. The molecule has 6 nitrogen and oxygen atoms in total. The zero-order chi connectivity index (χ0) is 17.2. The highest BCUT2D eigenvalue weighted by Gasteiger charge is 2.17. The van der Waals surface area contributed by atoms with Crippen LogP contribution >= 0.6 is 0 Å². The van der Waals surface area contributed by atoms with Gasteiger partial charge < -0.3 is 14.8 Å². The molecule has 1 aliphatic rings. The molecule has 1 N–H and O–H groups in total. The summed E-state index contributed by atoms with van der Waals surface area (Å²) in [5, 5.41) is 7.37. The van der Waals surface area contributed by atoms with E-state index >= 15 is 0 Å². The predicted molar refractivity (Wildman–Crippen MR) is 93.7 cm³/mol. The largest absolute Gasteiger partial charge is 0.486 e. The highest BCUT2D eigenvalue weighted by atomic mass is 16.6. The van der Waals surface area contributed by atoms with Crippen LogP contribution in [0.3, 0.4) is 0 Å². The van der Waals surface area contributed by atoms with Gasteiger partial charge in [0.05, 0.1) is 11.4 Å². The molecular formula is C19H17N3O3. The van der Waals surface area contributed by atoms with E-state index in [4.69, 9.17) is 9.47 Å². The van der Waals surface area contributed by atoms with Crippen LogP contribution in [0.15, 0.2) is 54.6 Å². The summed E-state index contributed by atoms with van der Waals surface area (Å²) in [7, 11) is 0. The molecule has 25 heavy (non-hydrogen) atoms. The lowest BCUT2D eigenvalue weighted by Gasteiger charge is -2.18. The number of rotatable bonds is 3. The first-order valence-corrected chi connectivity index (χ1v) is 8.04. The number of ether oxygens (including phenoxy) is 2. The van der Waals surface area contributed by atoms with Crippen molar-refractivity contribution in [3.8, 4) is 17.2 Å². The number of benzene rings is 2. The van der Waals surface area contributed by atoms with Crippen LogP contribution in [0.25, 0.3) is 5.69 Å². The maximum Gasteiger partial charge on any atom is 0.256 e. The minimum absolute atomic E-state index is 0.228. The molecule has 6 heteroatoms. The van der Waals surface area contributed by atoms with Crippen molar-refractivity contribution in [1.82, 2.24) is 9.78 Å². The standard InChI is InChI=1S/C19H17N3O3/c1-13-11-18(22(21-13)15-5-3-2-4-6-15)20-19(23)14-7-8-16-17(12-14)25-10-9-24-16/h2-8,11-12H,9-10H2,1H3,(H,20,23). The van der Waals surface area contributed by atoms with Crippen LogP contribution in [-0.2, 0) is 0 Å². The third-order valence-corrected chi connectivity index (χ3v) is 3.88. The van der Waals surface area contributed by atoms with E-state index in [-0.39, 0.29) is 5.91 Å². The summed E-state index contributed by atoms with van der Waals surface area (Å²) < 4.78 is 12.7. The minimum Gasteiger partial charge on any atom is -0.486 e. The molecule has 1 aliphatic heterocycles. The van der Waals surface area contributed by atoms with E-state index in [2.05, 4.69) is 10.4 Å². The molecule has 126 valence electrons. The van der Waals surface area contributed by atoms with Gasteiger partial charge in [0.15, 0.2) is 11.5 Å². The summed E-state index contributed by atoms with van der Waals surface area (Å²) in [6.45, 7) is 2.89. The first-order valence-electron chi connectivity index (χ1n) is 8.04. The third-order valence-electron chi connectivity index (χ3n) is 3.88. The lowest BCUT2D eigenvalue weighted by molar-refractivity contribution is 0.102. The van der Waals surface area contributed by atoms with Crippen molar-refractivity contribution in [2.75, 3.05) is 18.5 Å². The second kappa shape index (κ2) is 6.32. The fourth-order valence-corrected chi connectivity index (χ4v) is 2.73. The average molecular weight is 335 g/mol. The number of carbonyl (C=O) groups excluding carboxylic acids is 1. The lowest BCUT2D eigenvalue weighted by atomic mass is 10.2. The Morgan fingerprint density at radius 1 is 1.04 bits per heavy atom. The monoisotopic (exact) mass is 335 g/mol. The number of amides is 1. The Balaban J connectivity index is 1.61. The molecule has 0 bridgehead atoms. The molecule has 0 spiro atoms. The highest BCUT2D eigenvalue weighted by molar-refractivity contribution is 6.04. The number of nitrogens with one attached hydrogen (secondary N) is 1. The molecule has 0 saturated heterocycles. The van der Waals surface area contributed by atoms with E-state index in [0.717, 1.165) is 11.4 Å². The van der Waals surface area contributed by atoms with Gasteiger partial charge >= 0.3 is 0 Å². The molecule has 0 saturated carbocycles. The van der Waals surface area contributed by atoms with Gasteiger partial charge in [-0.2, -0.15) is 5.10 Å². The van der Waals surface area contributed by atoms with Gasteiger partial charge in [-0.25, -0.2) is 4.68 Å². The Bertz CT molecular complexity index is 919. The van der Waals surface area contributed by atoms with Crippen LogP contribution in [-0.4, -0.2) is 28.9 Å². The van der Waals surface area contributed by atoms with Gasteiger partial charge in [0.25, 0.3) is 5.91 Å². The maximum atomic E-state index is 12.6. The second-order valence-corrected chi connectivity index (χ2v) is 5.73. The van der Waals surface area contributed by atoms with E-state index in [1.807, 2.05) is 43.3 Å². The summed E-state index contributed by atoms with van der Waals surface area (Å²) >= 11 is 0. The molecular weight excluding hydrogens is 318 g/mol. The summed E-state index contributed by atoms with van der Waals surface area (Å²) in [5.74, 6) is 1.64. The van der Waals surface area contributed by atoms with Crippen LogP contribution in [0.4, 0.5) is 5.82 Å². The molecule has 1 amide bonds. The van der Waals surface area contributed by atoms with Crippen molar-refractivity contribution >= 4 is 11.7 Å². The Morgan fingerprint density at radius 3 is 2.60 bits per heavy atom. The fraction of sp³-hybridized carbons (Fsp3) is 0.158. The molecule has 2 aromatic carbocycles. The number of hydrogen-bond acceptors (Lipinski definition) is 4. The summed E-state index contributed by atoms with van der Waals surface area (Å²) in [5.41, 5.74) is 2.21. The zero-order valence-corrected chi connectivity index (χ0v) is 13.7. The molecule has 0 fully saturated rings. The second-order valence-electron chi connectivity index (χ2n) is 5.73. The van der Waals surface area contributed by atoms with Crippen LogP contribution in [0.2, 0.25) is 0 Å². The van der Waals surface area contributed by atoms with Gasteiger partial charge in [0.2, 0.25) is 0 Å². The van der Waals surface area contributed by atoms with Gasteiger partial charge in [-0.15, -0.1) is 0 Å². The van der Waals surface area contributed by atoms with Crippen molar-refractivity contribution in [3.63, 3.8) is 0 Å². The number of hydrogen-bond donors (Lipinski definition) is 1. The van der Waals surface area contributed by atoms with Gasteiger partial charge in [0.1, 0.15) is 19.0 Å². The number of fused-ring (bicyclic) bond motifs is 1. The van der Waals surface area contributed by atoms with Crippen LogP contribution in [0.1, 0.15) is 16.1 Å².